The lowest BCUT2D eigenvalue weighted by Gasteiger charge is -2.09. The van der Waals surface area contributed by atoms with Gasteiger partial charge in [0.25, 0.3) is 5.56 Å². The van der Waals surface area contributed by atoms with Gasteiger partial charge in [0.15, 0.2) is 5.69 Å². The SMILES string of the molecule is CC(CC(C)C)=Nn1c(-c2ccc(C)c(C)c2)csc1=Nc1c(C)n(C)n(-c2ccccc2)c1=O. The number of para-hydroxylation sites is 1. The first-order valence-electron chi connectivity index (χ1n) is 11.9. The number of hydrogen-bond acceptors (Lipinski definition) is 4. The lowest BCUT2D eigenvalue weighted by Crippen LogP contribution is -2.20. The van der Waals surface area contributed by atoms with Crippen molar-refractivity contribution in [2.45, 2.75) is 48.0 Å². The summed E-state index contributed by atoms with van der Waals surface area (Å²) >= 11 is 1.50. The molecule has 0 fully saturated rings. The first kappa shape index (κ1) is 24.7. The highest BCUT2D eigenvalue weighted by Gasteiger charge is 2.17. The monoisotopic (exact) mass is 487 g/mol. The van der Waals surface area contributed by atoms with E-state index in [4.69, 9.17) is 10.1 Å². The van der Waals surface area contributed by atoms with Gasteiger partial charge in [0.05, 0.1) is 17.1 Å². The van der Waals surface area contributed by atoms with Gasteiger partial charge in [-0.25, -0.2) is 14.4 Å². The van der Waals surface area contributed by atoms with Gasteiger partial charge >= 0.3 is 0 Å². The molecule has 0 spiro atoms. The Morgan fingerprint density at radius 3 is 2.40 bits per heavy atom. The third kappa shape index (κ3) is 5.00. The summed E-state index contributed by atoms with van der Waals surface area (Å²) in [7, 11) is 1.89. The van der Waals surface area contributed by atoms with E-state index in [1.54, 1.807) is 4.68 Å². The van der Waals surface area contributed by atoms with Crippen molar-refractivity contribution >= 4 is 22.7 Å². The van der Waals surface area contributed by atoms with Crippen LogP contribution in [0, 0.1) is 26.7 Å². The molecule has 0 saturated heterocycles. The van der Waals surface area contributed by atoms with Crippen LogP contribution in [-0.2, 0) is 7.05 Å². The molecule has 0 aliphatic carbocycles. The Labute approximate surface area is 210 Å². The van der Waals surface area contributed by atoms with Crippen molar-refractivity contribution in [2.75, 3.05) is 0 Å². The zero-order valence-electron chi connectivity index (χ0n) is 21.5. The van der Waals surface area contributed by atoms with E-state index >= 15 is 0 Å². The third-order valence-electron chi connectivity index (χ3n) is 6.19. The zero-order chi connectivity index (χ0) is 25.3. The molecule has 2 heterocycles. The molecule has 0 unspecified atom stereocenters. The Bertz CT molecular complexity index is 1510. The minimum absolute atomic E-state index is 0.147. The molecule has 6 nitrogen and oxygen atoms in total. The predicted molar refractivity (Wildman–Crippen MR) is 146 cm³/mol. The van der Waals surface area contributed by atoms with Crippen LogP contribution in [0.1, 0.15) is 44.0 Å². The van der Waals surface area contributed by atoms with Gasteiger partial charge in [-0.3, -0.25) is 9.48 Å². The van der Waals surface area contributed by atoms with Crippen LogP contribution >= 0.6 is 11.3 Å². The Morgan fingerprint density at radius 2 is 1.74 bits per heavy atom. The molecule has 2 aromatic carbocycles. The van der Waals surface area contributed by atoms with Crippen molar-refractivity contribution in [3.05, 3.63) is 85.9 Å². The summed E-state index contributed by atoms with van der Waals surface area (Å²) in [5, 5.41) is 7.04. The van der Waals surface area contributed by atoms with Crippen molar-refractivity contribution < 1.29 is 0 Å². The van der Waals surface area contributed by atoms with Crippen molar-refractivity contribution in [3.8, 4) is 16.9 Å². The topological polar surface area (TPSA) is 56.6 Å². The molecule has 0 bridgehead atoms. The van der Waals surface area contributed by atoms with E-state index in [9.17, 15) is 4.79 Å². The second kappa shape index (κ2) is 10.0. The van der Waals surface area contributed by atoms with Gasteiger partial charge in [-0.1, -0.05) is 44.2 Å². The Hall–Kier alpha value is -3.45. The summed E-state index contributed by atoms with van der Waals surface area (Å²) in [4.78, 5) is 19.0. The van der Waals surface area contributed by atoms with Crippen LogP contribution in [0.4, 0.5) is 5.69 Å². The van der Waals surface area contributed by atoms with Crippen LogP contribution in [0.2, 0.25) is 0 Å². The van der Waals surface area contributed by atoms with Crippen molar-refractivity contribution in [2.24, 2.45) is 23.1 Å². The van der Waals surface area contributed by atoms with Gasteiger partial charge < -0.3 is 0 Å². The highest BCUT2D eigenvalue weighted by Crippen LogP contribution is 2.24. The van der Waals surface area contributed by atoms with Crippen LogP contribution in [0.5, 0.6) is 0 Å². The number of thiazole rings is 1. The fraction of sp³-hybridized carbons (Fsp3) is 0.321. The first-order chi connectivity index (χ1) is 16.7. The van der Waals surface area contributed by atoms with Crippen LogP contribution < -0.4 is 10.4 Å². The van der Waals surface area contributed by atoms with Crippen molar-refractivity contribution in [1.82, 2.24) is 14.0 Å². The van der Waals surface area contributed by atoms with Crippen molar-refractivity contribution in [3.63, 3.8) is 0 Å². The summed E-state index contributed by atoms with van der Waals surface area (Å²) in [5.74, 6) is 0.498. The van der Waals surface area contributed by atoms with Crippen LogP contribution in [0.15, 0.2) is 68.8 Å². The largest absolute Gasteiger partial charge is 0.297 e. The maximum Gasteiger partial charge on any atom is 0.297 e. The molecule has 7 heteroatoms. The summed E-state index contributed by atoms with van der Waals surface area (Å²) in [6, 6.07) is 16.1. The van der Waals surface area contributed by atoms with E-state index < -0.39 is 0 Å². The minimum atomic E-state index is -0.147. The number of rotatable bonds is 6. The zero-order valence-corrected chi connectivity index (χ0v) is 22.3. The Balaban J connectivity index is 1.94. The fourth-order valence-corrected chi connectivity index (χ4v) is 4.99. The second-order valence-corrected chi connectivity index (χ2v) is 10.3. The van der Waals surface area contributed by atoms with E-state index in [0.29, 0.717) is 16.4 Å². The number of benzene rings is 2. The molecular formula is C28H33N5OS. The minimum Gasteiger partial charge on any atom is -0.283 e. The average molecular weight is 488 g/mol. The Morgan fingerprint density at radius 1 is 1.03 bits per heavy atom. The van der Waals surface area contributed by atoms with E-state index in [-0.39, 0.29) is 5.56 Å². The van der Waals surface area contributed by atoms with E-state index in [1.165, 1.54) is 22.5 Å². The average Bonchev–Trinajstić information content (AvgIpc) is 3.29. The van der Waals surface area contributed by atoms with E-state index in [2.05, 4.69) is 58.2 Å². The molecule has 0 atom stereocenters. The normalized spacial score (nSPS) is 12.7. The lowest BCUT2D eigenvalue weighted by atomic mass is 10.1. The summed E-state index contributed by atoms with van der Waals surface area (Å²) in [5.41, 5.74) is 7.45. The molecule has 0 aliphatic rings. The first-order valence-corrected chi connectivity index (χ1v) is 12.8. The molecule has 0 saturated carbocycles. The number of nitrogens with zero attached hydrogens (tertiary/aromatic N) is 5. The van der Waals surface area contributed by atoms with Gasteiger partial charge in [-0.05, 0) is 69.4 Å². The standard InChI is InChI=1S/C28H33N5OS/c1-18(2)15-21(5)30-32-25(23-14-13-19(3)20(4)16-23)17-35-28(32)29-26-22(6)31(7)33(27(26)34)24-11-9-8-10-12-24/h8-14,16-18H,15H2,1-7H3. The van der Waals surface area contributed by atoms with Crippen LogP contribution in [0.3, 0.4) is 0 Å². The number of aromatic nitrogens is 3. The van der Waals surface area contributed by atoms with Gasteiger partial charge in [0.1, 0.15) is 0 Å². The van der Waals surface area contributed by atoms with Gasteiger partial charge in [-0.2, -0.15) is 5.10 Å². The summed E-state index contributed by atoms with van der Waals surface area (Å²) in [6.07, 6.45) is 0.889. The lowest BCUT2D eigenvalue weighted by molar-refractivity contribution is 0.630. The predicted octanol–water partition coefficient (Wildman–Crippen LogP) is 6.13. The third-order valence-corrected chi connectivity index (χ3v) is 7.01. The summed E-state index contributed by atoms with van der Waals surface area (Å²) < 4.78 is 5.40. The number of aryl methyl sites for hydroxylation is 2. The van der Waals surface area contributed by atoms with Gasteiger partial charge in [0.2, 0.25) is 4.80 Å². The molecule has 182 valence electrons. The molecule has 0 N–H and O–H groups in total. The molecule has 4 rings (SSSR count). The molecule has 2 aromatic heterocycles. The maximum absolute atomic E-state index is 13.5. The molecule has 4 aromatic rings. The maximum atomic E-state index is 13.5. The number of hydrogen-bond donors (Lipinski definition) is 0. The molecule has 0 amide bonds. The Kier molecular flexibility index (Phi) is 7.08. The van der Waals surface area contributed by atoms with E-state index in [0.717, 1.165) is 34.8 Å². The van der Waals surface area contributed by atoms with Crippen LogP contribution in [0.25, 0.3) is 16.9 Å². The fourth-order valence-electron chi connectivity index (χ4n) is 4.15. The molecule has 0 radical (unpaired) electrons. The molecule has 35 heavy (non-hydrogen) atoms. The smallest absolute Gasteiger partial charge is 0.283 e. The van der Waals surface area contributed by atoms with Gasteiger partial charge in [-0.15, -0.1) is 11.3 Å². The molecular weight excluding hydrogens is 454 g/mol. The quantitative estimate of drug-likeness (QED) is 0.302. The highest BCUT2D eigenvalue weighted by molar-refractivity contribution is 7.07. The second-order valence-electron chi connectivity index (χ2n) is 9.47. The molecule has 0 aliphatic heterocycles. The summed E-state index contributed by atoms with van der Waals surface area (Å²) in [6.45, 7) is 12.6. The van der Waals surface area contributed by atoms with Crippen molar-refractivity contribution in [1.29, 1.82) is 0 Å². The van der Waals surface area contributed by atoms with Gasteiger partial charge in [0, 0.05) is 23.7 Å². The van der Waals surface area contributed by atoms with E-state index in [1.807, 2.05) is 53.7 Å². The van der Waals surface area contributed by atoms with Crippen LogP contribution in [-0.4, -0.2) is 19.8 Å². The highest BCUT2D eigenvalue weighted by atomic mass is 32.1.